The zero-order valence-corrected chi connectivity index (χ0v) is 8.70. The number of hydrogen-bond acceptors (Lipinski definition) is 1. The maximum Gasteiger partial charge on any atom is 0.0549 e. The minimum atomic E-state index is -0.233. The van der Waals surface area contributed by atoms with Gasteiger partial charge in [0, 0.05) is 11.5 Å². The average molecular weight is 260 g/mol. The molecule has 56 valence electrons. The van der Waals surface area contributed by atoms with Gasteiger partial charge in [-0.2, -0.15) is 7.20 Å². The number of rotatable bonds is 1. The predicted octanol–water partition coefficient (Wildman–Crippen LogP) is 2.19. The number of ether oxygens (including phenoxy) is 1. The fraction of sp³-hybridized carbons (Fsp3) is 1.00. The first-order valence-electron chi connectivity index (χ1n) is 3.30. The maximum atomic E-state index is 5.28. The van der Waals surface area contributed by atoms with Crippen LogP contribution >= 0.6 is 28.4 Å². The fourth-order valence-electron chi connectivity index (χ4n) is 0.909. The number of halogens is 1. The summed E-state index contributed by atoms with van der Waals surface area (Å²) in [6.45, 7) is 4.31. The molecule has 3 heteroatoms. The molecular weight excluding hydrogens is 247 g/mol. The van der Waals surface area contributed by atoms with Gasteiger partial charge in [-0.3, -0.25) is 0 Å². The Bertz CT molecular complexity index is 91.1. The molecule has 0 bridgehead atoms. The molecular formula is C6H13IOS. The minimum Gasteiger partial charge on any atom is -0.380 e. The molecule has 1 aliphatic heterocycles. The largest absolute Gasteiger partial charge is 0.380 e. The van der Waals surface area contributed by atoms with Crippen molar-refractivity contribution in [1.82, 2.24) is 0 Å². The van der Waals surface area contributed by atoms with Crippen LogP contribution < -0.4 is 0 Å². The Hall–Kier alpha value is 1.04. The molecule has 0 amide bonds. The molecule has 0 N–H and O–H groups in total. The van der Waals surface area contributed by atoms with E-state index >= 15 is 0 Å². The lowest BCUT2D eigenvalue weighted by atomic mass is 10.8. The third-order valence-electron chi connectivity index (χ3n) is 1.70. The lowest BCUT2D eigenvalue weighted by Crippen LogP contribution is -2.20. The molecule has 9 heavy (non-hydrogen) atoms. The van der Waals surface area contributed by atoms with E-state index in [1.54, 1.807) is 0 Å². The smallest absolute Gasteiger partial charge is 0.0549 e. The summed E-state index contributed by atoms with van der Waals surface area (Å²) in [4.78, 5) is 0. The van der Waals surface area contributed by atoms with Gasteiger partial charge in [0.15, 0.2) is 0 Å². The van der Waals surface area contributed by atoms with Crippen molar-refractivity contribution in [3.05, 3.63) is 0 Å². The summed E-state index contributed by atoms with van der Waals surface area (Å²) >= 11 is 2.66. The van der Waals surface area contributed by atoms with Crippen LogP contribution in [0.15, 0.2) is 0 Å². The summed E-state index contributed by atoms with van der Waals surface area (Å²) in [6, 6.07) is 0. The van der Waals surface area contributed by atoms with Crippen LogP contribution in [0, 0.1) is 0 Å². The van der Waals surface area contributed by atoms with E-state index in [4.69, 9.17) is 4.74 Å². The molecule has 1 nitrogen and oxygen atoms in total. The van der Waals surface area contributed by atoms with Crippen molar-refractivity contribution in [1.29, 1.82) is 0 Å². The van der Waals surface area contributed by atoms with Crippen molar-refractivity contribution < 1.29 is 4.74 Å². The molecule has 0 saturated carbocycles. The second-order valence-electron chi connectivity index (χ2n) is 2.25. The summed E-state index contributed by atoms with van der Waals surface area (Å²) in [5, 5.41) is 0. The SMILES string of the molecule is CCS1(I)CCOCC1. The van der Waals surface area contributed by atoms with E-state index in [1.165, 1.54) is 17.3 Å². The van der Waals surface area contributed by atoms with E-state index in [0.29, 0.717) is 0 Å². The van der Waals surface area contributed by atoms with Crippen LogP contribution in [-0.2, 0) is 4.74 Å². The highest BCUT2D eigenvalue weighted by Gasteiger charge is 2.20. The molecule has 1 rings (SSSR count). The van der Waals surface area contributed by atoms with Crippen molar-refractivity contribution in [3.8, 4) is 0 Å². The summed E-state index contributed by atoms with van der Waals surface area (Å²) in [7, 11) is -0.233. The van der Waals surface area contributed by atoms with Crippen molar-refractivity contribution >= 4 is 28.4 Å². The van der Waals surface area contributed by atoms with E-state index < -0.39 is 0 Å². The minimum absolute atomic E-state index is 0.233. The standard InChI is InChI=1S/C6H13IOS/c1-2-9(7)5-3-8-4-6-9/h2-6H2,1H3. The van der Waals surface area contributed by atoms with Gasteiger partial charge in [-0.15, -0.1) is 0 Å². The van der Waals surface area contributed by atoms with E-state index in [1.807, 2.05) is 0 Å². The van der Waals surface area contributed by atoms with Crippen LogP contribution in [0.4, 0.5) is 0 Å². The Kier molecular flexibility index (Phi) is 3.11. The van der Waals surface area contributed by atoms with Gasteiger partial charge in [0.2, 0.25) is 0 Å². The lowest BCUT2D eigenvalue weighted by Gasteiger charge is -2.35. The Morgan fingerprint density at radius 3 is 2.33 bits per heavy atom. The van der Waals surface area contributed by atoms with Crippen LogP contribution in [0.25, 0.3) is 0 Å². The molecule has 1 heterocycles. The van der Waals surface area contributed by atoms with Crippen LogP contribution in [0.5, 0.6) is 0 Å². The molecule has 0 radical (unpaired) electrons. The van der Waals surface area contributed by atoms with E-state index in [0.717, 1.165) is 13.2 Å². The second kappa shape index (κ2) is 3.44. The van der Waals surface area contributed by atoms with Gasteiger partial charge >= 0.3 is 0 Å². The van der Waals surface area contributed by atoms with Gasteiger partial charge in [0.25, 0.3) is 0 Å². The fourth-order valence-corrected chi connectivity index (χ4v) is 3.60. The third kappa shape index (κ3) is 2.27. The predicted molar refractivity (Wildman–Crippen MR) is 52.7 cm³/mol. The first-order chi connectivity index (χ1) is 4.27. The first-order valence-corrected chi connectivity index (χ1v) is 7.99. The highest BCUT2D eigenvalue weighted by atomic mass is 127. The molecule has 0 atom stereocenters. The molecule has 0 aromatic heterocycles. The molecule has 1 fully saturated rings. The van der Waals surface area contributed by atoms with Crippen LogP contribution in [-0.4, -0.2) is 30.5 Å². The van der Waals surface area contributed by atoms with E-state index in [2.05, 4.69) is 28.1 Å². The molecule has 0 aromatic carbocycles. The molecule has 0 aliphatic carbocycles. The Labute approximate surface area is 70.4 Å². The van der Waals surface area contributed by atoms with Crippen LogP contribution in [0.2, 0.25) is 0 Å². The van der Waals surface area contributed by atoms with Gasteiger partial charge in [-0.05, 0) is 27.0 Å². The van der Waals surface area contributed by atoms with Crippen LogP contribution in [0.1, 0.15) is 6.92 Å². The summed E-state index contributed by atoms with van der Waals surface area (Å²) in [5.74, 6) is 4.02. The van der Waals surface area contributed by atoms with Crippen molar-refractivity contribution in [3.63, 3.8) is 0 Å². The molecule has 0 spiro atoms. The molecule has 0 aromatic rings. The van der Waals surface area contributed by atoms with E-state index in [9.17, 15) is 0 Å². The van der Waals surface area contributed by atoms with Gasteiger partial charge < -0.3 is 4.74 Å². The van der Waals surface area contributed by atoms with Crippen molar-refractivity contribution in [2.75, 3.05) is 30.5 Å². The zero-order valence-electron chi connectivity index (χ0n) is 5.73. The highest BCUT2D eigenvalue weighted by molar-refractivity contribution is 14.2. The Balaban J connectivity index is 2.37. The summed E-state index contributed by atoms with van der Waals surface area (Å²) in [5.41, 5.74) is 0. The van der Waals surface area contributed by atoms with Crippen molar-refractivity contribution in [2.24, 2.45) is 0 Å². The summed E-state index contributed by atoms with van der Waals surface area (Å²) < 4.78 is 5.28. The maximum absolute atomic E-state index is 5.28. The van der Waals surface area contributed by atoms with Gasteiger partial charge in [0.05, 0.1) is 13.2 Å². The van der Waals surface area contributed by atoms with Gasteiger partial charge in [0.1, 0.15) is 0 Å². The second-order valence-corrected chi connectivity index (χ2v) is 11.1. The average Bonchev–Trinajstić information content (AvgIpc) is 1.90. The first kappa shape index (κ1) is 8.14. The van der Waals surface area contributed by atoms with Gasteiger partial charge in [-0.25, -0.2) is 0 Å². The monoisotopic (exact) mass is 260 g/mol. The lowest BCUT2D eigenvalue weighted by molar-refractivity contribution is 0.160. The van der Waals surface area contributed by atoms with E-state index in [-0.39, 0.29) is 7.20 Å². The molecule has 1 aliphatic rings. The van der Waals surface area contributed by atoms with Crippen LogP contribution in [0.3, 0.4) is 0 Å². The topological polar surface area (TPSA) is 9.23 Å². The Morgan fingerprint density at radius 1 is 1.44 bits per heavy atom. The van der Waals surface area contributed by atoms with Gasteiger partial charge in [-0.1, -0.05) is 6.92 Å². The zero-order chi connectivity index (χ0) is 6.74. The number of hydrogen-bond donors (Lipinski definition) is 0. The highest BCUT2D eigenvalue weighted by Crippen LogP contribution is 2.56. The quantitative estimate of drug-likeness (QED) is 0.657. The normalized spacial score (nSPS) is 29.6. The summed E-state index contributed by atoms with van der Waals surface area (Å²) in [6.07, 6.45) is 0. The molecule has 1 saturated heterocycles. The molecule has 0 unspecified atom stereocenters. The third-order valence-corrected chi connectivity index (χ3v) is 9.05. The Morgan fingerprint density at radius 2 is 2.00 bits per heavy atom. The van der Waals surface area contributed by atoms with Crippen molar-refractivity contribution in [2.45, 2.75) is 6.92 Å².